The fourth-order valence-corrected chi connectivity index (χ4v) is 2.62. The molecule has 0 amide bonds. The normalized spacial score (nSPS) is 28.3. The summed E-state index contributed by atoms with van der Waals surface area (Å²) < 4.78 is 0. The lowest BCUT2D eigenvalue weighted by atomic mass is 9.74. The summed E-state index contributed by atoms with van der Waals surface area (Å²) in [5, 5.41) is 0. The summed E-state index contributed by atoms with van der Waals surface area (Å²) in [6.07, 6.45) is 1.27. The molecule has 0 bridgehead atoms. The van der Waals surface area contributed by atoms with Crippen LogP contribution in [0.25, 0.3) is 0 Å². The maximum absolute atomic E-state index is 5.81. The summed E-state index contributed by atoms with van der Waals surface area (Å²) >= 11 is 0. The summed E-state index contributed by atoms with van der Waals surface area (Å²) in [4.78, 5) is 2.59. The van der Waals surface area contributed by atoms with Gasteiger partial charge in [0.1, 0.15) is 0 Å². The molecule has 2 heteroatoms. The van der Waals surface area contributed by atoms with Crippen LogP contribution in [-0.2, 0) is 0 Å². The van der Waals surface area contributed by atoms with E-state index in [9.17, 15) is 0 Å². The Balaban J connectivity index is 2.49. The zero-order valence-corrected chi connectivity index (χ0v) is 10.2. The predicted octanol–water partition coefficient (Wildman–Crippen LogP) is 1.95. The van der Waals surface area contributed by atoms with E-state index in [1.807, 2.05) is 0 Å². The van der Waals surface area contributed by atoms with Gasteiger partial charge in [-0.25, -0.2) is 0 Å². The summed E-state index contributed by atoms with van der Waals surface area (Å²) in [5.74, 6) is 1.49. The first kappa shape index (κ1) is 12.0. The van der Waals surface area contributed by atoms with E-state index in [0.29, 0.717) is 11.3 Å². The second kappa shape index (κ2) is 4.63. The quantitative estimate of drug-likeness (QED) is 0.751. The third-order valence-corrected chi connectivity index (χ3v) is 3.44. The summed E-state index contributed by atoms with van der Waals surface area (Å²) in [7, 11) is 0. The van der Waals surface area contributed by atoms with Gasteiger partial charge in [0.2, 0.25) is 0 Å². The summed E-state index contributed by atoms with van der Waals surface area (Å²) in [6.45, 7) is 13.8. The third-order valence-electron chi connectivity index (χ3n) is 3.44. The second-order valence-electron chi connectivity index (χ2n) is 5.84. The van der Waals surface area contributed by atoms with Crippen LogP contribution in [-0.4, -0.2) is 31.1 Å². The van der Waals surface area contributed by atoms with Crippen LogP contribution in [0.5, 0.6) is 0 Å². The highest BCUT2D eigenvalue weighted by Crippen LogP contribution is 2.34. The number of likely N-dealkylation sites (tertiary alicyclic amines) is 1. The molecule has 84 valence electrons. The fourth-order valence-electron chi connectivity index (χ4n) is 2.62. The smallest absolute Gasteiger partial charge is 0.00359 e. The lowest BCUT2D eigenvalue weighted by molar-refractivity contribution is 0.0526. The molecular formula is C12H26N2. The number of piperidine rings is 1. The van der Waals surface area contributed by atoms with E-state index in [1.165, 1.54) is 26.1 Å². The minimum Gasteiger partial charge on any atom is -0.330 e. The van der Waals surface area contributed by atoms with Crippen LogP contribution in [0.3, 0.4) is 0 Å². The largest absolute Gasteiger partial charge is 0.330 e. The van der Waals surface area contributed by atoms with E-state index in [1.54, 1.807) is 0 Å². The molecule has 0 aromatic heterocycles. The van der Waals surface area contributed by atoms with E-state index in [2.05, 4.69) is 32.6 Å². The van der Waals surface area contributed by atoms with Crippen molar-refractivity contribution in [3.05, 3.63) is 0 Å². The minimum absolute atomic E-state index is 0.405. The van der Waals surface area contributed by atoms with Crippen LogP contribution in [0.2, 0.25) is 0 Å². The number of nitrogens with zero attached hydrogens (tertiary/aromatic N) is 1. The molecule has 2 nitrogen and oxygen atoms in total. The Bertz CT molecular complexity index is 175. The van der Waals surface area contributed by atoms with Gasteiger partial charge in [-0.15, -0.1) is 0 Å². The Hall–Kier alpha value is -0.0800. The van der Waals surface area contributed by atoms with Gasteiger partial charge in [-0.05, 0) is 36.8 Å². The molecule has 0 aliphatic carbocycles. The molecule has 1 fully saturated rings. The maximum Gasteiger partial charge on any atom is 0.00359 e. The van der Waals surface area contributed by atoms with E-state index in [0.717, 1.165) is 12.5 Å². The molecule has 1 unspecified atom stereocenters. The average Bonchev–Trinajstić information content (AvgIpc) is 2.01. The average molecular weight is 198 g/mol. The fraction of sp³-hybridized carbons (Fsp3) is 1.00. The first-order valence-corrected chi connectivity index (χ1v) is 5.88. The first-order valence-electron chi connectivity index (χ1n) is 5.88. The monoisotopic (exact) mass is 198 g/mol. The second-order valence-corrected chi connectivity index (χ2v) is 5.84. The third kappa shape index (κ3) is 2.96. The van der Waals surface area contributed by atoms with Crippen molar-refractivity contribution in [2.75, 3.05) is 26.2 Å². The van der Waals surface area contributed by atoms with Crippen LogP contribution in [0, 0.1) is 17.3 Å². The van der Waals surface area contributed by atoms with E-state index in [-0.39, 0.29) is 0 Å². The van der Waals surface area contributed by atoms with Crippen molar-refractivity contribution in [1.82, 2.24) is 4.90 Å². The lowest BCUT2D eigenvalue weighted by Crippen LogP contribution is -2.48. The Morgan fingerprint density at radius 1 is 1.43 bits per heavy atom. The Morgan fingerprint density at radius 2 is 2.07 bits per heavy atom. The molecule has 1 saturated heterocycles. The predicted molar refractivity (Wildman–Crippen MR) is 62.2 cm³/mol. The molecule has 1 atom stereocenters. The molecular weight excluding hydrogens is 172 g/mol. The van der Waals surface area contributed by atoms with Gasteiger partial charge < -0.3 is 10.6 Å². The standard InChI is InChI=1S/C12H26N2/c1-10(2)8-14-6-5-11(7-13)12(3,4)9-14/h10-11H,5-9,13H2,1-4H3. The van der Waals surface area contributed by atoms with E-state index in [4.69, 9.17) is 5.73 Å². The minimum atomic E-state index is 0.405. The van der Waals surface area contributed by atoms with Crippen molar-refractivity contribution in [3.63, 3.8) is 0 Å². The van der Waals surface area contributed by atoms with Gasteiger partial charge >= 0.3 is 0 Å². The number of hydrogen-bond donors (Lipinski definition) is 1. The summed E-state index contributed by atoms with van der Waals surface area (Å²) in [5.41, 5.74) is 6.21. The molecule has 0 saturated carbocycles. The molecule has 1 aliphatic rings. The highest BCUT2D eigenvalue weighted by atomic mass is 15.1. The van der Waals surface area contributed by atoms with Gasteiger partial charge in [0.25, 0.3) is 0 Å². The number of nitrogens with two attached hydrogens (primary N) is 1. The highest BCUT2D eigenvalue weighted by Gasteiger charge is 2.34. The van der Waals surface area contributed by atoms with Gasteiger partial charge in [0.05, 0.1) is 0 Å². The van der Waals surface area contributed by atoms with Gasteiger partial charge in [-0.3, -0.25) is 0 Å². The molecule has 14 heavy (non-hydrogen) atoms. The number of hydrogen-bond acceptors (Lipinski definition) is 2. The van der Waals surface area contributed by atoms with Gasteiger partial charge in [0.15, 0.2) is 0 Å². The SMILES string of the molecule is CC(C)CN1CCC(CN)C(C)(C)C1. The molecule has 1 rings (SSSR count). The zero-order valence-electron chi connectivity index (χ0n) is 10.2. The Labute approximate surface area is 88.8 Å². The van der Waals surface area contributed by atoms with Crippen molar-refractivity contribution in [3.8, 4) is 0 Å². The maximum atomic E-state index is 5.81. The van der Waals surface area contributed by atoms with E-state index < -0.39 is 0 Å². The molecule has 0 radical (unpaired) electrons. The van der Waals surface area contributed by atoms with Crippen LogP contribution in [0.15, 0.2) is 0 Å². The van der Waals surface area contributed by atoms with Crippen molar-refractivity contribution in [1.29, 1.82) is 0 Å². The topological polar surface area (TPSA) is 29.3 Å². The molecule has 0 spiro atoms. The number of rotatable bonds is 3. The van der Waals surface area contributed by atoms with Crippen LogP contribution < -0.4 is 5.73 Å². The van der Waals surface area contributed by atoms with Crippen molar-refractivity contribution in [2.45, 2.75) is 34.1 Å². The van der Waals surface area contributed by atoms with Crippen molar-refractivity contribution < 1.29 is 0 Å². The van der Waals surface area contributed by atoms with Crippen LogP contribution >= 0.6 is 0 Å². The van der Waals surface area contributed by atoms with Crippen molar-refractivity contribution in [2.24, 2.45) is 23.0 Å². The van der Waals surface area contributed by atoms with Crippen LogP contribution in [0.1, 0.15) is 34.1 Å². The molecule has 2 N–H and O–H groups in total. The molecule has 0 aromatic rings. The zero-order chi connectivity index (χ0) is 10.8. The molecule has 1 aliphatic heterocycles. The van der Waals surface area contributed by atoms with Gasteiger partial charge in [0, 0.05) is 13.1 Å². The summed E-state index contributed by atoms with van der Waals surface area (Å²) in [6, 6.07) is 0. The van der Waals surface area contributed by atoms with Gasteiger partial charge in [-0.1, -0.05) is 27.7 Å². The molecule has 1 heterocycles. The highest BCUT2D eigenvalue weighted by molar-refractivity contribution is 4.87. The van der Waals surface area contributed by atoms with Crippen LogP contribution in [0.4, 0.5) is 0 Å². The molecule has 0 aromatic carbocycles. The lowest BCUT2D eigenvalue weighted by Gasteiger charge is -2.44. The Kier molecular flexibility index (Phi) is 3.96. The van der Waals surface area contributed by atoms with E-state index >= 15 is 0 Å². The Morgan fingerprint density at radius 3 is 2.50 bits per heavy atom. The van der Waals surface area contributed by atoms with Crippen molar-refractivity contribution >= 4 is 0 Å². The first-order chi connectivity index (χ1) is 6.45. The van der Waals surface area contributed by atoms with Gasteiger partial charge in [-0.2, -0.15) is 0 Å².